The Morgan fingerprint density at radius 3 is 2.42 bits per heavy atom. The van der Waals surface area contributed by atoms with Crippen molar-refractivity contribution in [1.82, 2.24) is 14.7 Å². The molecule has 1 saturated heterocycles. The van der Waals surface area contributed by atoms with E-state index in [0.29, 0.717) is 16.1 Å². The number of alkyl halides is 3. The molecule has 2 aromatic carbocycles. The second kappa shape index (κ2) is 7.80. The molecule has 2 aliphatic heterocycles. The van der Waals surface area contributed by atoms with Crippen molar-refractivity contribution in [3.8, 4) is 11.1 Å². The number of hydrogen-bond donors (Lipinski definition) is 0. The number of carbonyl (C=O) groups excluding carboxylic acids is 1. The van der Waals surface area contributed by atoms with Crippen molar-refractivity contribution in [2.45, 2.75) is 38.7 Å². The van der Waals surface area contributed by atoms with Gasteiger partial charge in [-0.15, -0.1) is 0 Å². The number of nitrogens with zero attached hydrogens (tertiary/aromatic N) is 3. The summed E-state index contributed by atoms with van der Waals surface area (Å²) in [5.41, 5.74) is 3.68. The molecule has 1 fully saturated rings. The summed E-state index contributed by atoms with van der Waals surface area (Å²) >= 11 is 6.59. The monoisotopic (exact) mass is 451 g/mol. The number of carbonyl (C=O) groups is 1. The van der Waals surface area contributed by atoms with Crippen LogP contribution in [-0.2, 0) is 13.1 Å². The molecule has 2 heterocycles. The molecule has 2 aliphatic rings. The van der Waals surface area contributed by atoms with E-state index in [1.165, 1.54) is 0 Å². The van der Waals surface area contributed by atoms with Crippen molar-refractivity contribution >= 4 is 17.5 Å². The Morgan fingerprint density at radius 1 is 1.10 bits per heavy atom. The number of hydrogen-bond acceptors (Lipinski definition) is 3. The lowest BCUT2D eigenvalue weighted by atomic mass is 9.98. The summed E-state index contributed by atoms with van der Waals surface area (Å²) < 4.78 is 38.2. The molecule has 166 valence electrons. The second-order valence-corrected chi connectivity index (χ2v) is 9.54. The third kappa shape index (κ3) is 4.59. The molecule has 4 nitrogen and oxygen atoms in total. The van der Waals surface area contributed by atoms with Gasteiger partial charge in [0.25, 0.3) is 5.91 Å². The van der Waals surface area contributed by atoms with Crippen LogP contribution in [0.1, 0.15) is 35.3 Å². The van der Waals surface area contributed by atoms with E-state index in [4.69, 9.17) is 11.6 Å². The number of amides is 1. The van der Waals surface area contributed by atoms with Crippen LogP contribution in [0.15, 0.2) is 36.4 Å². The van der Waals surface area contributed by atoms with Gasteiger partial charge in [-0.25, -0.2) is 0 Å². The zero-order chi connectivity index (χ0) is 22.6. The topological polar surface area (TPSA) is 26.8 Å². The van der Waals surface area contributed by atoms with Gasteiger partial charge in [-0.05, 0) is 55.8 Å². The predicted octanol–water partition coefficient (Wildman–Crippen LogP) is 5.01. The van der Waals surface area contributed by atoms with Crippen molar-refractivity contribution in [3.63, 3.8) is 0 Å². The Morgan fingerprint density at radius 2 is 1.81 bits per heavy atom. The van der Waals surface area contributed by atoms with Crippen LogP contribution in [0.5, 0.6) is 0 Å². The fourth-order valence-corrected chi connectivity index (χ4v) is 4.87. The first-order valence-electron chi connectivity index (χ1n) is 10.1. The minimum Gasteiger partial charge on any atom is -0.325 e. The van der Waals surface area contributed by atoms with Crippen molar-refractivity contribution in [2.75, 3.05) is 26.8 Å². The Balaban J connectivity index is 1.54. The lowest BCUT2D eigenvalue weighted by molar-refractivity contribution is -0.140. The van der Waals surface area contributed by atoms with Crippen LogP contribution < -0.4 is 0 Å². The van der Waals surface area contributed by atoms with Crippen LogP contribution >= 0.6 is 11.6 Å². The number of halogens is 4. The molecule has 0 N–H and O–H groups in total. The van der Waals surface area contributed by atoms with E-state index in [0.717, 1.165) is 41.3 Å². The van der Waals surface area contributed by atoms with Gasteiger partial charge in [0.2, 0.25) is 0 Å². The van der Waals surface area contributed by atoms with E-state index in [2.05, 4.69) is 30.7 Å². The van der Waals surface area contributed by atoms with Crippen molar-refractivity contribution in [2.24, 2.45) is 0 Å². The molecule has 2 aromatic rings. The summed E-state index contributed by atoms with van der Waals surface area (Å²) in [7, 11) is 2.10. The lowest BCUT2D eigenvalue weighted by Gasteiger charge is -2.30. The standard InChI is InChI=1S/C23H25ClF3N3O/c1-22(2)12-28(3)14-30(22)10-15-4-6-18(20(24)8-15)16-5-7-19-17(9-16)11-29(21(19)31)13-23(25,26)27/h4-9H,10-14H2,1-3H3. The maximum Gasteiger partial charge on any atom is 0.406 e. The molecule has 0 unspecified atom stereocenters. The van der Waals surface area contributed by atoms with Crippen LogP contribution in [-0.4, -0.2) is 59.1 Å². The largest absolute Gasteiger partial charge is 0.406 e. The van der Waals surface area contributed by atoms with Gasteiger partial charge in [0, 0.05) is 41.3 Å². The average molecular weight is 452 g/mol. The third-order valence-corrected chi connectivity index (χ3v) is 6.31. The lowest BCUT2D eigenvalue weighted by Crippen LogP contribution is -2.39. The van der Waals surface area contributed by atoms with E-state index in [-0.39, 0.29) is 12.1 Å². The Labute approximate surface area is 185 Å². The van der Waals surface area contributed by atoms with Gasteiger partial charge >= 0.3 is 6.18 Å². The normalized spacial score (nSPS) is 19.3. The highest BCUT2D eigenvalue weighted by Crippen LogP contribution is 2.34. The Kier molecular flexibility index (Phi) is 5.56. The van der Waals surface area contributed by atoms with Gasteiger partial charge in [-0.2, -0.15) is 13.2 Å². The molecule has 0 aromatic heterocycles. The van der Waals surface area contributed by atoms with E-state index in [9.17, 15) is 18.0 Å². The minimum atomic E-state index is -4.42. The van der Waals surface area contributed by atoms with E-state index < -0.39 is 18.6 Å². The SMILES string of the molecule is CN1CN(Cc2ccc(-c3ccc4c(c3)CN(CC(F)(F)F)C4=O)c(Cl)c2)C(C)(C)C1. The van der Waals surface area contributed by atoms with Crippen molar-refractivity contribution < 1.29 is 18.0 Å². The minimum absolute atomic E-state index is 0.0468. The van der Waals surface area contributed by atoms with Crippen LogP contribution in [0.25, 0.3) is 11.1 Å². The molecule has 0 atom stereocenters. The van der Waals surface area contributed by atoms with Crippen LogP contribution in [0.2, 0.25) is 5.02 Å². The summed E-state index contributed by atoms with van der Waals surface area (Å²) in [4.78, 5) is 17.8. The number of likely N-dealkylation sites (N-methyl/N-ethyl adjacent to an activating group) is 1. The number of fused-ring (bicyclic) bond motifs is 1. The molecule has 0 bridgehead atoms. The van der Waals surface area contributed by atoms with Crippen LogP contribution in [0.4, 0.5) is 13.2 Å². The predicted molar refractivity (Wildman–Crippen MR) is 115 cm³/mol. The Hall–Kier alpha value is -2.09. The van der Waals surface area contributed by atoms with E-state index in [1.54, 1.807) is 18.2 Å². The molecular formula is C23H25ClF3N3O. The maximum absolute atomic E-state index is 12.7. The second-order valence-electron chi connectivity index (χ2n) is 9.13. The summed E-state index contributed by atoms with van der Waals surface area (Å²) in [5, 5.41) is 0.583. The first-order valence-corrected chi connectivity index (χ1v) is 10.5. The Bertz CT molecular complexity index is 1020. The van der Waals surface area contributed by atoms with Crippen molar-refractivity contribution in [3.05, 3.63) is 58.1 Å². The number of benzene rings is 2. The quantitative estimate of drug-likeness (QED) is 0.654. The molecule has 1 amide bonds. The smallest absolute Gasteiger partial charge is 0.325 e. The van der Waals surface area contributed by atoms with Gasteiger partial charge in [0.05, 0.1) is 6.67 Å². The molecule has 0 aliphatic carbocycles. The molecular weight excluding hydrogens is 427 g/mol. The number of rotatable bonds is 4. The summed E-state index contributed by atoms with van der Waals surface area (Å²) in [6.45, 7) is 5.82. The molecule has 4 rings (SSSR count). The van der Waals surface area contributed by atoms with Gasteiger partial charge in [-0.3, -0.25) is 14.6 Å². The first kappa shape index (κ1) is 22.1. The highest BCUT2D eigenvalue weighted by atomic mass is 35.5. The van der Waals surface area contributed by atoms with E-state index >= 15 is 0 Å². The van der Waals surface area contributed by atoms with Crippen LogP contribution in [0.3, 0.4) is 0 Å². The highest BCUT2D eigenvalue weighted by Gasteiger charge is 2.37. The van der Waals surface area contributed by atoms with E-state index in [1.807, 2.05) is 18.2 Å². The molecule has 0 radical (unpaired) electrons. The molecule has 31 heavy (non-hydrogen) atoms. The van der Waals surface area contributed by atoms with Crippen molar-refractivity contribution in [1.29, 1.82) is 0 Å². The zero-order valence-electron chi connectivity index (χ0n) is 17.8. The molecule has 8 heteroatoms. The first-order chi connectivity index (χ1) is 14.4. The van der Waals surface area contributed by atoms with Crippen LogP contribution in [0, 0.1) is 0 Å². The summed E-state index contributed by atoms with van der Waals surface area (Å²) in [5.74, 6) is -0.585. The average Bonchev–Trinajstić information content (AvgIpc) is 3.08. The molecule has 0 saturated carbocycles. The molecule has 0 spiro atoms. The van der Waals surface area contributed by atoms with Gasteiger partial charge in [0.15, 0.2) is 0 Å². The highest BCUT2D eigenvalue weighted by molar-refractivity contribution is 6.33. The van der Waals surface area contributed by atoms with Gasteiger partial charge in [-0.1, -0.05) is 29.8 Å². The summed E-state index contributed by atoms with van der Waals surface area (Å²) in [6, 6.07) is 11.0. The summed E-state index contributed by atoms with van der Waals surface area (Å²) in [6.07, 6.45) is -4.42. The van der Waals surface area contributed by atoms with Gasteiger partial charge in [0.1, 0.15) is 6.54 Å². The third-order valence-electron chi connectivity index (χ3n) is 6.00. The maximum atomic E-state index is 12.7. The fraction of sp³-hybridized carbons (Fsp3) is 0.435. The fourth-order valence-electron chi connectivity index (χ4n) is 4.56. The zero-order valence-corrected chi connectivity index (χ0v) is 18.5. The van der Waals surface area contributed by atoms with Gasteiger partial charge < -0.3 is 4.90 Å².